The molecular formula is C18H23NO5. The number of nitro groups is 1. The highest BCUT2D eigenvalue weighted by Crippen LogP contribution is 2.30. The Morgan fingerprint density at radius 1 is 1.12 bits per heavy atom. The third kappa shape index (κ3) is 4.08. The Balaban J connectivity index is 2.56. The smallest absolute Gasteiger partial charge is 0.239 e. The van der Waals surface area contributed by atoms with Gasteiger partial charge in [0.15, 0.2) is 6.29 Å². The standard InChI is InChI=1S/C18H23NO5/c1-3-23-18(24-4-2)16-10-9-13-7-5-6-8-15(13)17(16)11-14(12-20)19(21)22/h5-10,14,18,20H,3-4,11-12H2,1-2H3. The lowest BCUT2D eigenvalue weighted by Crippen LogP contribution is -2.27. The van der Waals surface area contributed by atoms with Crippen molar-refractivity contribution >= 4 is 10.8 Å². The molecule has 1 atom stereocenters. The molecule has 2 rings (SSSR count). The molecule has 0 heterocycles. The van der Waals surface area contributed by atoms with E-state index < -0.39 is 23.9 Å². The van der Waals surface area contributed by atoms with Crippen molar-refractivity contribution in [2.24, 2.45) is 0 Å². The molecule has 0 radical (unpaired) electrons. The molecule has 0 aromatic heterocycles. The van der Waals surface area contributed by atoms with E-state index in [9.17, 15) is 15.2 Å². The van der Waals surface area contributed by atoms with Gasteiger partial charge < -0.3 is 14.6 Å². The van der Waals surface area contributed by atoms with E-state index in [0.717, 1.165) is 21.9 Å². The lowest BCUT2D eigenvalue weighted by atomic mass is 9.93. The van der Waals surface area contributed by atoms with Crippen LogP contribution in [0.2, 0.25) is 0 Å². The second kappa shape index (κ2) is 8.73. The van der Waals surface area contributed by atoms with Crippen LogP contribution in [0.15, 0.2) is 36.4 Å². The number of nitrogens with zero attached hydrogens (tertiary/aromatic N) is 1. The monoisotopic (exact) mass is 333 g/mol. The summed E-state index contributed by atoms with van der Waals surface area (Å²) in [6.07, 6.45) is -0.456. The van der Waals surface area contributed by atoms with Crippen LogP contribution in [0.4, 0.5) is 0 Å². The maximum absolute atomic E-state index is 11.2. The maximum atomic E-state index is 11.2. The van der Waals surface area contributed by atoms with Gasteiger partial charge in [0.1, 0.15) is 6.61 Å². The van der Waals surface area contributed by atoms with E-state index in [0.29, 0.717) is 13.2 Å². The van der Waals surface area contributed by atoms with Crippen molar-refractivity contribution in [2.75, 3.05) is 19.8 Å². The van der Waals surface area contributed by atoms with Gasteiger partial charge in [-0.1, -0.05) is 36.4 Å². The average molecular weight is 333 g/mol. The number of aliphatic hydroxyl groups excluding tert-OH is 1. The van der Waals surface area contributed by atoms with Gasteiger partial charge in [0, 0.05) is 30.1 Å². The highest BCUT2D eigenvalue weighted by molar-refractivity contribution is 5.87. The van der Waals surface area contributed by atoms with Crippen LogP contribution >= 0.6 is 0 Å². The predicted octanol–water partition coefficient (Wildman–Crippen LogP) is 3.09. The molecule has 1 N–H and O–H groups in total. The minimum absolute atomic E-state index is 0.122. The first-order chi connectivity index (χ1) is 11.6. The van der Waals surface area contributed by atoms with Crippen molar-refractivity contribution in [2.45, 2.75) is 32.6 Å². The Hall–Kier alpha value is -2.02. The molecule has 0 spiro atoms. The third-order valence-corrected chi connectivity index (χ3v) is 3.92. The van der Waals surface area contributed by atoms with Crippen LogP contribution in [0.25, 0.3) is 10.8 Å². The molecule has 0 bridgehead atoms. The van der Waals surface area contributed by atoms with Gasteiger partial charge in [-0.2, -0.15) is 0 Å². The maximum Gasteiger partial charge on any atom is 0.239 e. The minimum Gasteiger partial charge on any atom is -0.389 e. The zero-order chi connectivity index (χ0) is 17.5. The van der Waals surface area contributed by atoms with E-state index in [-0.39, 0.29) is 6.42 Å². The average Bonchev–Trinajstić information content (AvgIpc) is 2.59. The van der Waals surface area contributed by atoms with Crippen molar-refractivity contribution in [1.29, 1.82) is 0 Å². The normalized spacial score (nSPS) is 12.7. The molecule has 0 fully saturated rings. The van der Waals surface area contributed by atoms with E-state index in [1.807, 2.05) is 50.2 Å². The van der Waals surface area contributed by atoms with Crippen LogP contribution in [0, 0.1) is 10.1 Å². The minimum atomic E-state index is -1.06. The summed E-state index contributed by atoms with van der Waals surface area (Å²) in [5.41, 5.74) is 1.56. The van der Waals surface area contributed by atoms with Gasteiger partial charge in [0.05, 0.1) is 0 Å². The SMILES string of the molecule is CCOC(OCC)c1ccc2ccccc2c1CC(CO)[N+](=O)[O-]. The Kier molecular flexibility index (Phi) is 6.66. The van der Waals surface area contributed by atoms with Crippen LogP contribution in [0.3, 0.4) is 0 Å². The molecule has 6 nitrogen and oxygen atoms in total. The molecule has 0 aliphatic rings. The number of hydrogen-bond acceptors (Lipinski definition) is 5. The molecule has 1 unspecified atom stereocenters. The van der Waals surface area contributed by atoms with Crippen LogP contribution in [0.1, 0.15) is 31.3 Å². The number of benzene rings is 2. The first-order valence-corrected chi connectivity index (χ1v) is 8.10. The number of rotatable bonds is 9. The van der Waals surface area contributed by atoms with Crippen LogP contribution < -0.4 is 0 Å². The number of aliphatic hydroxyl groups is 1. The molecule has 2 aromatic rings. The fourth-order valence-corrected chi connectivity index (χ4v) is 2.77. The highest BCUT2D eigenvalue weighted by Gasteiger charge is 2.25. The second-order valence-electron chi connectivity index (χ2n) is 5.42. The molecule has 0 saturated carbocycles. The topological polar surface area (TPSA) is 81.8 Å². The molecular weight excluding hydrogens is 310 g/mol. The first-order valence-electron chi connectivity index (χ1n) is 8.10. The lowest BCUT2D eigenvalue weighted by molar-refractivity contribution is -0.525. The van der Waals surface area contributed by atoms with Gasteiger partial charge in [-0.05, 0) is 30.2 Å². The molecule has 0 amide bonds. The summed E-state index contributed by atoms with van der Waals surface area (Å²) in [4.78, 5) is 10.7. The molecule has 0 aliphatic heterocycles. The van der Waals surface area contributed by atoms with Crippen molar-refractivity contribution in [3.8, 4) is 0 Å². The fraction of sp³-hybridized carbons (Fsp3) is 0.444. The molecule has 130 valence electrons. The van der Waals surface area contributed by atoms with Crippen molar-refractivity contribution in [1.82, 2.24) is 0 Å². The zero-order valence-electron chi connectivity index (χ0n) is 14.0. The molecule has 0 aliphatic carbocycles. The Labute approximate surface area is 141 Å². The van der Waals surface area contributed by atoms with Gasteiger partial charge in [-0.25, -0.2) is 0 Å². The third-order valence-electron chi connectivity index (χ3n) is 3.92. The van der Waals surface area contributed by atoms with E-state index in [1.165, 1.54) is 0 Å². The van der Waals surface area contributed by atoms with Gasteiger partial charge >= 0.3 is 0 Å². The fourth-order valence-electron chi connectivity index (χ4n) is 2.77. The number of ether oxygens (including phenoxy) is 2. The Bertz CT molecular complexity index is 682. The van der Waals surface area contributed by atoms with E-state index in [1.54, 1.807) is 0 Å². The first kappa shape index (κ1) is 18.3. The quantitative estimate of drug-likeness (QED) is 0.433. The van der Waals surface area contributed by atoms with Crippen molar-refractivity contribution in [3.63, 3.8) is 0 Å². The summed E-state index contributed by atoms with van der Waals surface area (Å²) in [5.74, 6) is 0. The van der Waals surface area contributed by atoms with Crippen molar-refractivity contribution in [3.05, 3.63) is 57.6 Å². The lowest BCUT2D eigenvalue weighted by Gasteiger charge is -2.22. The predicted molar refractivity (Wildman–Crippen MR) is 91.5 cm³/mol. The van der Waals surface area contributed by atoms with Gasteiger partial charge in [0.2, 0.25) is 6.04 Å². The second-order valence-corrected chi connectivity index (χ2v) is 5.42. The van der Waals surface area contributed by atoms with Crippen LogP contribution in [-0.4, -0.2) is 35.9 Å². The molecule has 2 aromatic carbocycles. The largest absolute Gasteiger partial charge is 0.389 e. The van der Waals surface area contributed by atoms with Crippen molar-refractivity contribution < 1.29 is 19.5 Å². The summed E-state index contributed by atoms with van der Waals surface area (Å²) >= 11 is 0. The number of hydrogen-bond donors (Lipinski definition) is 1. The highest BCUT2D eigenvalue weighted by atomic mass is 16.7. The summed E-state index contributed by atoms with van der Waals surface area (Å²) in [7, 11) is 0. The summed E-state index contributed by atoms with van der Waals surface area (Å²) in [6.45, 7) is 4.18. The van der Waals surface area contributed by atoms with E-state index >= 15 is 0 Å². The number of fused-ring (bicyclic) bond motifs is 1. The van der Waals surface area contributed by atoms with Crippen LogP contribution in [-0.2, 0) is 15.9 Å². The summed E-state index contributed by atoms with van der Waals surface area (Å²) < 4.78 is 11.4. The molecule has 0 saturated heterocycles. The Morgan fingerprint density at radius 3 is 2.38 bits per heavy atom. The molecule has 6 heteroatoms. The van der Waals surface area contributed by atoms with E-state index in [4.69, 9.17) is 9.47 Å². The van der Waals surface area contributed by atoms with Gasteiger partial charge in [-0.15, -0.1) is 0 Å². The Morgan fingerprint density at radius 2 is 1.79 bits per heavy atom. The summed E-state index contributed by atoms with van der Waals surface area (Å²) in [5, 5.41) is 22.5. The van der Waals surface area contributed by atoms with E-state index in [2.05, 4.69) is 0 Å². The zero-order valence-corrected chi connectivity index (χ0v) is 14.0. The summed E-state index contributed by atoms with van der Waals surface area (Å²) in [6, 6.07) is 10.5. The molecule has 24 heavy (non-hydrogen) atoms. The van der Waals surface area contributed by atoms with Gasteiger partial charge in [-0.3, -0.25) is 10.1 Å². The van der Waals surface area contributed by atoms with Gasteiger partial charge in [0.25, 0.3) is 0 Å². The van der Waals surface area contributed by atoms with Crippen LogP contribution in [0.5, 0.6) is 0 Å².